The molecule has 0 radical (unpaired) electrons. The summed E-state index contributed by atoms with van der Waals surface area (Å²) in [6.07, 6.45) is 4.35. The van der Waals surface area contributed by atoms with Gasteiger partial charge in [-0.25, -0.2) is 0 Å². The zero-order valence-electron chi connectivity index (χ0n) is 15.4. The summed E-state index contributed by atoms with van der Waals surface area (Å²) in [7, 11) is -5.66. The second-order valence-electron chi connectivity index (χ2n) is 8.47. The van der Waals surface area contributed by atoms with Gasteiger partial charge in [0.05, 0.1) is 0 Å². The molecule has 1 aromatic carbocycles. The molecule has 0 spiro atoms. The van der Waals surface area contributed by atoms with E-state index in [0.717, 1.165) is 43.0 Å². The Morgan fingerprint density at radius 3 is 2.63 bits per heavy atom. The standard InChI is InChI=1S/C19H24F3NO3S/c1-12-17-9-14-5-6-15(26-27(24,25)19(20,21)22)10-16(14)18(12,2)7-8-23(17)11-13-3-4-13/h5-6,10,12-13,17H,3-4,7-9,11H2,1-2H3/t12-,17?,18-/m0/s1. The summed E-state index contributed by atoms with van der Waals surface area (Å²) in [6.45, 7) is 6.44. The maximum Gasteiger partial charge on any atom is 0.534 e. The van der Waals surface area contributed by atoms with Crippen LogP contribution in [0.2, 0.25) is 0 Å². The SMILES string of the molecule is C[C@H]1C2Cc3ccc(OS(=O)(=O)C(F)(F)F)cc3[C@@]1(C)CCN2CC1CC1. The van der Waals surface area contributed by atoms with Crippen LogP contribution in [-0.2, 0) is 22.0 Å². The van der Waals surface area contributed by atoms with Crippen molar-refractivity contribution in [2.24, 2.45) is 11.8 Å². The van der Waals surface area contributed by atoms with E-state index in [4.69, 9.17) is 0 Å². The first-order valence-corrected chi connectivity index (χ1v) is 10.8. The van der Waals surface area contributed by atoms with Gasteiger partial charge in [-0.15, -0.1) is 0 Å². The number of fused-ring (bicyclic) bond motifs is 4. The van der Waals surface area contributed by atoms with Crippen molar-refractivity contribution in [3.05, 3.63) is 29.3 Å². The van der Waals surface area contributed by atoms with E-state index in [0.29, 0.717) is 12.0 Å². The Morgan fingerprint density at radius 2 is 2.00 bits per heavy atom. The molecule has 0 amide bonds. The summed E-state index contributed by atoms with van der Waals surface area (Å²) in [5, 5.41) is 0. The first-order valence-electron chi connectivity index (χ1n) is 9.39. The van der Waals surface area contributed by atoms with Gasteiger partial charge in [-0.2, -0.15) is 21.6 Å². The third-order valence-electron chi connectivity index (χ3n) is 6.77. The Kier molecular flexibility index (Phi) is 4.31. The molecule has 2 bridgehead atoms. The lowest BCUT2D eigenvalue weighted by Crippen LogP contribution is -2.58. The van der Waals surface area contributed by atoms with Crippen LogP contribution in [0.4, 0.5) is 13.2 Å². The third-order valence-corrected chi connectivity index (χ3v) is 7.75. The molecule has 4 nitrogen and oxygen atoms in total. The number of benzene rings is 1. The predicted octanol–water partition coefficient (Wildman–Crippen LogP) is 3.85. The highest BCUT2D eigenvalue weighted by Gasteiger charge is 2.50. The molecule has 27 heavy (non-hydrogen) atoms. The Morgan fingerprint density at radius 1 is 1.30 bits per heavy atom. The molecule has 1 unspecified atom stereocenters. The molecular weight excluding hydrogens is 379 g/mol. The first kappa shape index (κ1) is 19.1. The van der Waals surface area contributed by atoms with Crippen LogP contribution in [-0.4, -0.2) is 38.0 Å². The molecule has 3 aliphatic rings. The van der Waals surface area contributed by atoms with E-state index >= 15 is 0 Å². The molecule has 4 rings (SSSR count). The van der Waals surface area contributed by atoms with Crippen LogP contribution in [0, 0.1) is 11.8 Å². The van der Waals surface area contributed by atoms with E-state index in [9.17, 15) is 21.6 Å². The van der Waals surface area contributed by atoms with Crippen molar-refractivity contribution in [1.82, 2.24) is 4.90 Å². The summed E-state index contributed by atoms with van der Waals surface area (Å²) < 4.78 is 65.0. The normalized spacial score (nSPS) is 31.4. The Bertz CT molecular complexity index is 850. The zero-order valence-corrected chi connectivity index (χ0v) is 16.2. The maximum absolute atomic E-state index is 12.6. The monoisotopic (exact) mass is 403 g/mol. The van der Waals surface area contributed by atoms with Gasteiger partial charge in [0.15, 0.2) is 0 Å². The van der Waals surface area contributed by atoms with Crippen molar-refractivity contribution in [3.8, 4) is 5.75 Å². The quantitative estimate of drug-likeness (QED) is 0.566. The van der Waals surface area contributed by atoms with E-state index in [1.807, 2.05) is 0 Å². The fourth-order valence-corrected chi connectivity index (χ4v) is 5.22. The largest absolute Gasteiger partial charge is 0.534 e. The Hall–Kier alpha value is -1.28. The maximum atomic E-state index is 12.6. The number of hydrogen-bond donors (Lipinski definition) is 0. The van der Waals surface area contributed by atoms with Gasteiger partial charge in [-0.1, -0.05) is 19.9 Å². The number of alkyl halides is 3. The van der Waals surface area contributed by atoms with Crippen LogP contribution < -0.4 is 4.18 Å². The predicted molar refractivity (Wildman–Crippen MR) is 95.0 cm³/mol. The van der Waals surface area contributed by atoms with Crippen molar-refractivity contribution in [2.75, 3.05) is 13.1 Å². The van der Waals surface area contributed by atoms with Crippen LogP contribution >= 0.6 is 0 Å². The minimum Gasteiger partial charge on any atom is -0.376 e. The average Bonchev–Trinajstić information content (AvgIpc) is 3.37. The van der Waals surface area contributed by atoms with Gasteiger partial charge in [0.25, 0.3) is 0 Å². The molecule has 2 aliphatic carbocycles. The fraction of sp³-hybridized carbons (Fsp3) is 0.684. The number of halogens is 3. The lowest BCUT2D eigenvalue weighted by molar-refractivity contribution is -0.0500. The van der Waals surface area contributed by atoms with Gasteiger partial charge >= 0.3 is 15.6 Å². The smallest absolute Gasteiger partial charge is 0.376 e. The minimum atomic E-state index is -5.66. The van der Waals surface area contributed by atoms with E-state index in [2.05, 4.69) is 22.9 Å². The first-order chi connectivity index (χ1) is 12.5. The van der Waals surface area contributed by atoms with Gasteiger partial charge in [-0.3, -0.25) is 4.90 Å². The summed E-state index contributed by atoms with van der Waals surface area (Å²) in [5.74, 6) is 0.886. The second-order valence-corrected chi connectivity index (χ2v) is 10.0. The fourth-order valence-electron chi connectivity index (χ4n) is 4.77. The second kappa shape index (κ2) is 6.11. The van der Waals surface area contributed by atoms with Crippen LogP contribution in [0.25, 0.3) is 0 Å². The molecule has 3 atom stereocenters. The van der Waals surface area contributed by atoms with Crippen molar-refractivity contribution >= 4 is 10.1 Å². The topological polar surface area (TPSA) is 46.6 Å². The zero-order chi connectivity index (χ0) is 19.6. The highest BCUT2D eigenvalue weighted by atomic mass is 32.2. The minimum absolute atomic E-state index is 0.195. The van der Waals surface area contributed by atoms with Crippen molar-refractivity contribution < 1.29 is 25.8 Å². The molecule has 1 aromatic rings. The van der Waals surface area contributed by atoms with Gasteiger partial charge in [-0.05, 0) is 72.7 Å². The van der Waals surface area contributed by atoms with E-state index in [1.54, 1.807) is 6.07 Å². The number of nitrogens with zero attached hydrogens (tertiary/aromatic N) is 1. The summed E-state index contributed by atoms with van der Waals surface area (Å²) >= 11 is 0. The van der Waals surface area contributed by atoms with Crippen LogP contribution in [0.3, 0.4) is 0 Å². The molecule has 0 aromatic heterocycles. The van der Waals surface area contributed by atoms with Crippen LogP contribution in [0.15, 0.2) is 18.2 Å². The number of piperidine rings is 1. The van der Waals surface area contributed by atoms with Crippen LogP contribution in [0.1, 0.15) is 44.2 Å². The molecule has 2 fully saturated rings. The average molecular weight is 403 g/mol. The Balaban J connectivity index is 1.64. The third kappa shape index (κ3) is 3.24. The van der Waals surface area contributed by atoms with Gasteiger partial charge < -0.3 is 4.18 Å². The summed E-state index contributed by atoms with van der Waals surface area (Å²) in [6, 6.07) is 4.99. The molecule has 1 aliphatic heterocycles. The van der Waals surface area contributed by atoms with Crippen LogP contribution in [0.5, 0.6) is 5.75 Å². The molecular formula is C19H24F3NO3S. The van der Waals surface area contributed by atoms with Gasteiger partial charge in [0, 0.05) is 12.6 Å². The molecule has 8 heteroatoms. The number of rotatable bonds is 4. The summed E-state index contributed by atoms with van der Waals surface area (Å²) in [5.41, 5.74) is -3.62. The summed E-state index contributed by atoms with van der Waals surface area (Å²) in [4.78, 5) is 2.57. The van der Waals surface area contributed by atoms with E-state index in [-0.39, 0.29) is 11.2 Å². The molecule has 1 saturated heterocycles. The highest BCUT2D eigenvalue weighted by molar-refractivity contribution is 7.88. The lowest BCUT2D eigenvalue weighted by atomic mass is 9.59. The molecule has 1 heterocycles. The number of likely N-dealkylation sites (tertiary alicyclic amines) is 1. The van der Waals surface area contributed by atoms with Gasteiger partial charge in [0.1, 0.15) is 5.75 Å². The van der Waals surface area contributed by atoms with Gasteiger partial charge in [0.2, 0.25) is 0 Å². The lowest BCUT2D eigenvalue weighted by Gasteiger charge is -2.54. The van der Waals surface area contributed by atoms with Crippen molar-refractivity contribution in [3.63, 3.8) is 0 Å². The van der Waals surface area contributed by atoms with Crippen molar-refractivity contribution in [2.45, 2.75) is 56.5 Å². The Labute approximate surface area is 157 Å². The number of hydrogen-bond acceptors (Lipinski definition) is 4. The van der Waals surface area contributed by atoms with E-state index < -0.39 is 15.6 Å². The van der Waals surface area contributed by atoms with E-state index in [1.165, 1.54) is 25.0 Å². The van der Waals surface area contributed by atoms with Crippen molar-refractivity contribution in [1.29, 1.82) is 0 Å². The molecule has 150 valence electrons. The highest BCUT2D eigenvalue weighted by Crippen LogP contribution is 2.50. The molecule has 0 N–H and O–H groups in total. The molecule has 1 saturated carbocycles.